The van der Waals surface area contributed by atoms with Gasteiger partial charge in [-0.1, -0.05) is 60.1 Å². The van der Waals surface area contributed by atoms with Crippen molar-refractivity contribution in [2.24, 2.45) is 56.2 Å². The highest BCUT2D eigenvalue weighted by Crippen LogP contribution is 2.76. The number of aliphatic hydroxyl groups excluding tert-OH is 3. The van der Waals surface area contributed by atoms with Gasteiger partial charge in [-0.3, -0.25) is 0 Å². The average Bonchev–Trinajstić information content (AvgIpc) is 2.77. The molecule has 5 aliphatic carbocycles. The topological polar surface area (TPSA) is 60.7 Å². The molecule has 0 spiro atoms. The first-order chi connectivity index (χ1) is 15.7. The van der Waals surface area contributed by atoms with Gasteiger partial charge >= 0.3 is 0 Å². The first-order valence-electron chi connectivity index (χ1n) is 14.3. The minimum atomic E-state index is -0.388. The molecule has 0 aromatic carbocycles. The van der Waals surface area contributed by atoms with Crippen LogP contribution in [0.25, 0.3) is 0 Å². The van der Waals surface area contributed by atoms with E-state index in [1.54, 1.807) is 5.57 Å². The van der Waals surface area contributed by atoms with Crippen LogP contribution in [0.5, 0.6) is 0 Å². The Labute approximate surface area is 208 Å². The SMILES string of the molecule is CC1(C)CC(CO)[C@]2(C)CC[C@]3(C)C(=CC[C@@H]4[C@@]5(C)CC[C@H](O)[C@@](C)(CO)C5CC[C@]43C)[C@H]2C1. The van der Waals surface area contributed by atoms with Crippen molar-refractivity contribution in [3.63, 3.8) is 0 Å². The van der Waals surface area contributed by atoms with E-state index in [2.05, 4.69) is 54.5 Å². The van der Waals surface area contributed by atoms with Gasteiger partial charge in [0.05, 0.1) is 12.7 Å². The van der Waals surface area contributed by atoms with Crippen molar-refractivity contribution in [1.82, 2.24) is 0 Å². The Morgan fingerprint density at radius 3 is 2.18 bits per heavy atom. The number of hydrogen-bond acceptors (Lipinski definition) is 3. The summed E-state index contributed by atoms with van der Waals surface area (Å²) in [5.41, 5.74) is 2.45. The van der Waals surface area contributed by atoms with Crippen LogP contribution in [0.1, 0.15) is 106 Å². The fraction of sp³-hybridized carbons (Fsp3) is 0.935. The Bertz CT molecular complexity index is 863. The van der Waals surface area contributed by atoms with Gasteiger partial charge in [0.1, 0.15) is 0 Å². The smallest absolute Gasteiger partial charge is 0.0618 e. The summed E-state index contributed by atoms with van der Waals surface area (Å²) in [4.78, 5) is 0. The Hall–Kier alpha value is -0.380. The summed E-state index contributed by atoms with van der Waals surface area (Å²) >= 11 is 0. The molecular weight excluding hydrogens is 420 g/mol. The number of fused-ring (bicyclic) bond motifs is 7. The van der Waals surface area contributed by atoms with Gasteiger partial charge in [0.2, 0.25) is 0 Å². The third-order valence-electron chi connectivity index (χ3n) is 13.7. The van der Waals surface area contributed by atoms with Crippen LogP contribution in [-0.4, -0.2) is 34.6 Å². The monoisotopic (exact) mass is 472 g/mol. The van der Waals surface area contributed by atoms with E-state index in [0.717, 1.165) is 32.1 Å². The zero-order chi connectivity index (χ0) is 24.9. The van der Waals surface area contributed by atoms with E-state index in [4.69, 9.17) is 0 Å². The van der Waals surface area contributed by atoms with Crippen LogP contribution < -0.4 is 0 Å². The summed E-state index contributed by atoms with van der Waals surface area (Å²) in [7, 11) is 0. The van der Waals surface area contributed by atoms with Crippen molar-refractivity contribution in [3.05, 3.63) is 11.6 Å². The van der Waals surface area contributed by atoms with Crippen LogP contribution in [0.2, 0.25) is 0 Å². The van der Waals surface area contributed by atoms with Crippen molar-refractivity contribution in [3.8, 4) is 0 Å². The van der Waals surface area contributed by atoms with Crippen LogP contribution in [0.3, 0.4) is 0 Å². The molecule has 0 aromatic rings. The summed E-state index contributed by atoms with van der Waals surface area (Å²) < 4.78 is 0. The third kappa shape index (κ3) is 2.99. The van der Waals surface area contributed by atoms with E-state index in [-0.39, 0.29) is 45.2 Å². The molecule has 0 bridgehead atoms. The van der Waals surface area contributed by atoms with Gasteiger partial charge in [0, 0.05) is 12.0 Å². The van der Waals surface area contributed by atoms with E-state index in [9.17, 15) is 15.3 Å². The minimum absolute atomic E-state index is 0.0915. The Morgan fingerprint density at radius 2 is 1.53 bits per heavy atom. The zero-order valence-corrected chi connectivity index (χ0v) is 23.1. The first kappa shape index (κ1) is 25.3. The summed E-state index contributed by atoms with van der Waals surface area (Å²) in [6, 6.07) is 0. The highest BCUT2D eigenvalue weighted by Gasteiger charge is 2.68. The Balaban J connectivity index is 1.58. The molecule has 34 heavy (non-hydrogen) atoms. The second-order valence-electron chi connectivity index (χ2n) is 15.5. The molecule has 194 valence electrons. The molecule has 0 aromatic heterocycles. The summed E-state index contributed by atoms with van der Waals surface area (Å²) in [5.74, 6) is 1.95. The third-order valence-corrected chi connectivity index (χ3v) is 13.7. The van der Waals surface area contributed by atoms with Crippen LogP contribution in [0.15, 0.2) is 11.6 Å². The number of allylic oxidation sites excluding steroid dienone is 2. The normalized spacial score (nSPS) is 56.4. The van der Waals surface area contributed by atoms with E-state index in [0.29, 0.717) is 30.3 Å². The van der Waals surface area contributed by atoms with E-state index in [1.807, 2.05) is 0 Å². The summed E-state index contributed by atoms with van der Waals surface area (Å²) in [5, 5.41) is 31.8. The quantitative estimate of drug-likeness (QED) is 0.410. The van der Waals surface area contributed by atoms with Crippen LogP contribution in [0.4, 0.5) is 0 Å². The second-order valence-corrected chi connectivity index (χ2v) is 15.5. The molecule has 5 aliphatic rings. The molecule has 10 atom stereocenters. The van der Waals surface area contributed by atoms with Crippen molar-refractivity contribution in [2.75, 3.05) is 13.2 Å². The second kappa shape index (κ2) is 7.57. The maximum atomic E-state index is 10.9. The number of hydrogen-bond donors (Lipinski definition) is 3. The number of aliphatic hydroxyl groups is 3. The maximum absolute atomic E-state index is 10.9. The van der Waals surface area contributed by atoms with E-state index in [1.165, 1.54) is 25.7 Å². The highest BCUT2D eigenvalue weighted by molar-refractivity contribution is 5.34. The Kier molecular flexibility index (Phi) is 5.63. The van der Waals surface area contributed by atoms with Gasteiger partial charge in [-0.05, 0) is 109 Å². The van der Waals surface area contributed by atoms with Crippen molar-refractivity contribution >= 4 is 0 Å². The van der Waals surface area contributed by atoms with Gasteiger partial charge < -0.3 is 15.3 Å². The fourth-order valence-corrected chi connectivity index (χ4v) is 11.2. The average molecular weight is 473 g/mol. The standard InChI is InChI=1S/C31H52O3/c1-26(2)16-20(18-32)27(3)14-15-30(6)21(22(27)17-26)8-9-24-28(4)12-11-25(34)29(5,19-33)23(28)10-13-31(24,30)7/h8,20,22-25,32-34H,9-19H2,1-7H3/t20?,22-,23?,24-,25+,27+,28+,29+,30-,31-/m1/s1. The van der Waals surface area contributed by atoms with Gasteiger partial charge in [-0.15, -0.1) is 0 Å². The lowest BCUT2D eigenvalue weighted by Gasteiger charge is -2.72. The first-order valence-corrected chi connectivity index (χ1v) is 14.3. The largest absolute Gasteiger partial charge is 0.396 e. The molecule has 0 saturated heterocycles. The van der Waals surface area contributed by atoms with Crippen LogP contribution in [0, 0.1) is 56.2 Å². The van der Waals surface area contributed by atoms with Crippen LogP contribution >= 0.6 is 0 Å². The van der Waals surface area contributed by atoms with Gasteiger partial charge in [0.25, 0.3) is 0 Å². The van der Waals surface area contributed by atoms with Gasteiger partial charge in [0.15, 0.2) is 0 Å². The van der Waals surface area contributed by atoms with Gasteiger partial charge in [-0.25, -0.2) is 0 Å². The number of rotatable bonds is 2. The van der Waals surface area contributed by atoms with E-state index >= 15 is 0 Å². The lowest BCUT2D eigenvalue weighted by atomic mass is 9.33. The predicted octanol–water partition coefficient (Wildman–Crippen LogP) is 6.36. The molecule has 0 amide bonds. The highest BCUT2D eigenvalue weighted by atomic mass is 16.3. The van der Waals surface area contributed by atoms with Crippen molar-refractivity contribution < 1.29 is 15.3 Å². The minimum Gasteiger partial charge on any atom is -0.396 e. The molecule has 3 heteroatoms. The molecule has 5 rings (SSSR count). The molecule has 0 aliphatic heterocycles. The zero-order valence-electron chi connectivity index (χ0n) is 23.1. The molecule has 3 nitrogen and oxygen atoms in total. The lowest BCUT2D eigenvalue weighted by molar-refractivity contribution is -0.217. The molecule has 2 unspecified atom stereocenters. The molecule has 3 N–H and O–H groups in total. The molecule has 0 radical (unpaired) electrons. The fourth-order valence-electron chi connectivity index (χ4n) is 11.2. The van der Waals surface area contributed by atoms with Gasteiger partial charge in [-0.2, -0.15) is 0 Å². The lowest BCUT2D eigenvalue weighted by Crippen LogP contribution is -2.65. The predicted molar refractivity (Wildman–Crippen MR) is 138 cm³/mol. The molecule has 4 saturated carbocycles. The molecular formula is C31H52O3. The maximum Gasteiger partial charge on any atom is 0.0618 e. The van der Waals surface area contributed by atoms with Crippen molar-refractivity contribution in [1.29, 1.82) is 0 Å². The molecule has 4 fully saturated rings. The van der Waals surface area contributed by atoms with Crippen LogP contribution in [-0.2, 0) is 0 Å². The molecule has 0 heterocycles. The van der Waals surface area contributed by atoms with Crippen molar-refractivity contribution in [2.45, 2.75) is 112 Å². The summed E-state index contributed by atoms with van der Waals surface area (Å²) in [6.07, 6.45) is 12.5. The Morgan fingerprint density at radius 1 is 0.824 bits per heavy atom. The summed E-state index contributed by atoms with van der Waals surface area (Å²) in [6.45, 7) is 17.6. The van der Waals surface area contributed by atoms with E-state index < -0.39 is 0 Å².